The zero-order valence-corrected chi connectivity index (χ0v) is 10.1. The lowest BCUT2D eigenvalue weighted by Crippen LogP contribution is -2.23. The van der Waals surface area contributed by atoms with E-state index in [0.29, 0.717) is 6.04 Å². The normalized spacial score (nSPS) is 12.5. The maximum absolute atomic E-state index is 5.17. The fraction of sp³-hybridized carbons (Fsp3) is 0.538. The molecule has 0 bridgehead atoms. The monoisotopic (exact) mass is 207 g/mol. The second-order valence-corrected chi connectivity index (χ2v) is 4.08. The van der Waals surface area contributed by atoms with Crippen molar-refractivity contribution in [3.05, 3.63) is 29.3 Å². The lowest BCUT2D eigenvalue weighted by molar-refractivity contribution is 0.184. The molecular weight excluding hydrogens is 186 g/mol. The van der Waals surface area contributed by atoms with Crippen LogP contribution in [0.2, 0.25) is 0 Å². The van der Waals surface area contributed by atoms with E-state index < -0.39 is 0 Å². The third-order valence-electron chi connectivity index (χ3n) is 2.45. The first kappa shape index (κ1) is 12.1. The van der Waals surface area contributed by atoms with Gasteiger partial charge in [0.05, 0.1) is 6.61 Å². The molecule has 1 unspecified atom stereocenters. The Bertz CT molecular complexity index is 289. The van der Waals surface area contributed by atoms with E-state index in [9.17, 15) is 0 Å². The van der Waals surface area contributed by atoms with Gasteiger partial charge in [-0.25, -0.2) is 0 Å². The number of methoxy groups -OCH3 is 1. The Kier molecular flexibility index (Phi) is 4.63. The smallest absolute Gasteiger partial charge is 0.0663 e. The van der Waals surface area contributed by atoms with Gasteiger partial charge >= 0.3 is 0 Å². The maximum Gasteiger partial charge on any atom is 0.0663 e. The van der Waals surface area contributed by atoms with Crippen molar-refractivity contribution in [2.24, 2.45) is 0 Å². The molecule has 2 nitrogen and oxygen atoms in total. The Morgan fingerprint density at radius 3 is 2.27 bits per heavy atom. The average Bonchev–Trinajstić information content (AvgIpc) is 2.15. The number of benzene rings is 1. The van der Waals surface area contributed by atoms with Crippen LogP contribution in [0.3, 0.4) is 0 Å². The predicted octanol–water partition coefficient (Wildman–Crippen LogP) is 3.14. The van der Waals surface area contributed by atoms with Gasteiger partial charge in [0.1, 0.15) is 0 Å². The minimum Gasteiger partial charge on any atom is -0.383 e. The molecule has 0 heterocycles. The van der Waals surface area contributed by atoms with Crippen LogP contribution in [0, 0.1) is 13.8 Å². The summed E-state index contributed by atoms with van der Waals surface area (Å²) < 4.78 is 5.17. The lowest BCUT2D eigenvalue weighted by atomic mass is 10.1. The molecule has 84 valence electrons. The molecule has 0 aliphatic heterocycles. The summed E-state index contributed by atoms with van der Waals surface area (Å²) in [6.07, 6.45) is 1.07. The molecule has 0 fully saturated rings. The van der Waals surface area contributed by atoms with E-state index in [1.807, 2.05) is 0 Å². The number of hydrogen-bond donors (Lipinski definition) is 1. The molecule has 0 amide bonds. The minimum absolute atomic E-state index is 0.399. The van der Waals surface area contributed by atoms with Crippen LogP contribution < -0.4 is 5.32 Å². The van der Waals surface area contributed by atoms with Crippen molar-refractivity contribution in [2.75, 3.05) is 19.0 Å². The largest absolute Gasteiger partial charge is 0.383 e. The molecule has 1 atom stereocenters. The van der Waals surface area contributed by atoms with Gasteiger partial charge in [-0.3, -0.25) is 0 Å². The topological polar surface area (TPSA) is 21.3 Å². The summed E-state index contributed by atoms with van der Waals surface area (Å²) in [6, 6.07) is 6.93. The van der Waals surface area contributed by atoms with Gasteiger partial charge in [0.2, 0.25) is 0 Å². The van der Waals surface area contributed by atoms with Crippen LogP contribution in [-0.4, -0.2) is 19.8 Å². The molecule has 0 spiro atoms. The Morgan fingerprint density at radius 2 is 1.80 bits per heavy atom. The summed E-state index contributed by atoms with van der Waals surface area (Å²) in [4.78, 5) is 0. The molecule has 0 aliphatic rings. The van der Waals surface area contributed by atoms with E-state index in [0.717, 1.165) is 13.0 Å². The molecule has 15 heavy (non-hydrogen) atoms. The highest BCUT2D eigenvalue weighted by Gasteiger charge is 2.05. The number of aryl methyl sites for hydroxylation is 2. The summed E-state index contributed by atoms with van der Waals surface area (Å²) >= 11 is 0. The van der Waals surface area contributed by atoms with Crippen molar-refractivity contribution in [3.63, 3.8) is 0 Å². The van der Waals surface area contributed by atoms with Crippen LogP contribution in [-0.2, 0) is 4.74 Å². The Morgan fingerprint density at radius 1 is 1.20 bits per heavy atom. The van der Waals surface area contributed by atoms with Crippen molar-refractivity contribution in [3.8, 4) is 0 Å². The van der Waals surface area contributed by atoms with E-state index in [1.54, 1.807) is 7.11 Å². The molecule has 0 aliphatic carbocycles. The van der Waals surface area contributed by atoms with Gasteiger partial charge in [0.15, 0.2) is 0 Å². The van der Waals surface area contributed by atoms with Gasteiger partial charge in [-0.05, 0) is 43.5 Å². The summed E-state index contributed by atoms with van der Waals surface area (Å²) in [5.74, 6) is 0. The Balaban J connectivity index is 2.69. The predicted molar refractivity (Wildman–Crippen MR) is 65.5 cm³/mol. The van der Waals surface area contributed by atoms with E-state index in [4.69, 9.17) is 4.74 Å². The standard InChI is InChI=1S/C13H21NO/c1-5-12(9-15-4)14-13-7-10(2)6-11(3)8-13/h6-8,12,14H,5,9H2,1-4H3. The first-order valence-corrected chi connectivity index (χ1v) is 5.49. The minimum atomic E-state index is 0.399. The zero-order chi connectivity index (χ0) is 11.3. The fourth-order valence-electron chi connectivity index (χ4n) is 1.76. The van der Waals surface area contributed by atoms with Gasteiger partial charge in [-0.15, -0.1) is 0 Å². The Labute approximate surface area is 92.6 Å². The van der Waals surface area contributed by atoms with Crippen molar-refractivity contribution >= 4 is 5.69 Å². The van der Waals surface area contributed by atoms with E-state index in [-0.39, 0.29) is 0 Å². The molecule has 1 N–H and O–H groups in total. The van der Waals surface area contributed by atoms with Crippen LogP contribution in [0.15, 0.2) is 18.2 Å². The number of hydrogen-bond acceptors (Lipinski definition) is 2. The van der Waals surface area contributed by atoms with Crippen LogP contribution in [0.1, 0.15) is 24.5 Å². The first-order chi connectivity index (χ1) is 7.15. The summed E-state index contributed by atoms with van der Waals surface area (Å²) in [5, 5.41) is 3.49. The molecule has 1 aromatic carbocycles. The molecule has 1 aromatic rings. The third kappa shape index (κ3) is 3.92. The number of anilines is 1. The molecule has 0 aromatic heterocycles. The molecule has 0 radical (unpaired) electrons. The van der Waals surface area contributed by atoms with Crippen LogP contribution in [0.4, 0.5) is 5.69 Å². The zero-order valence-electron chi connectivity index (χ0n) is 10.1. The summed E-state index contributed by atoms with van der Waals surface area (Å²) in [7, 11) is 1.74. The fourth-order valence-corrected chi connectivity index (χ4v) is 1.76. The molecular formula is C13H21NO. The first-order valence-electron chi connectivity index (χ1n) is 5.49. The van der Waals surface area contributed by atoms with Gasteiger partial charge in [0.25, 0.3) is 0 Å². The van der Waals surface area contributed by atoms with Crippen LogP contribution in [0.25, 0.3) is 0 Å². The van der Waals surface area contributed by atoms with Crippen LogP contribution >= 0.6 is 0 Å². The van der Waals surface area contributed by atoms with E-state index in [1.165, 1.54) is 16.8 Å². The second-order valence-electron chi connectivity index (χ2n) is 4.08. The maximum atomic E-state index is 5.17. The van der Waals surface area contributed by atoms with Gasteiger partial charge in [0, 0.05) is 18.8 Å². The SMILES string of the molecule is CCC(COC)Nc1cc(C)cc(C)c1. The van der Waals surface area contributed by atoms with Gasteiger partial charge in [-0.1, -0.05) is 13.0 Å². The number of nitrogens with one attached hydrogen (secondary N) is 1. The van der Waals surface area contributed by atoms with E-state index in [2.05, 4.69) is 44.3 Å². The number of ether oxygens (including phenoxy) is 1. The van der Waals surface area contributed by atoms with Crippen molar-refractivity contribution < 1.29 is 4.74 Å². The Hall–Kier alpha value is -1.02. The summed E-state index contributed by atoms with van der Waals surface area (Å²) in [5.41, 5.74) is 3.78. The van der Waals surface area contributed by atoms with Gasteiger partial charge in [-0.2, -0.15) is 0 Å². The highest BCUT2D eigenvalue weighted by Crippen LogP contribution is 2.15. The van der Waals surface area contributed by atoms with Crippen molar-refractivity contribution in [1.82, 2.24) is 0 Å². The van der Waals surface area contributed by atoms with Crippen molar-refractivity contribution in [2.45, 2.75) is 33.2 Å². The highest BCUT2D eigenvalue weighted by atomic mass is 16.5. The molecule has 0 saturated carbocycles. The average molecular weight is 207 g/mol. The van der Waals surface area contributed by atoms with E-state index >= 15 is 0 Å². The number of rotatable bonds is 5. The third-order valence-corrected chi connectivity index (χ3v) is 2.45. The highest BCUT2D eigenvalue weighted by molar-refractivity contribution is 5.49. The van der Waals surface area contributed by atoms with Crippen molar-refractivity contribution in [1.29, 1.82) is 0 Å². The molecule has 0 saturated heterocycles. The molecule has 2 heteroatoms. The summed E-state index contributed by atoms with van der Waals surface area (Å²) in [6.45, 7) is 7.16. The van der Waals surface area contributed by atoms with Crippen LogP contribution in [0.5, 0.6) is 0 Å². The quantitative estimate of drug-likeness (QED) is 0.801. The second kappa shape index (κ2) is 5.76. The molecule has 1 rings (SSSR count). The van der Waals surface area contributed by atoms with Gasteiger partial charge < -0.3 is 10.1 Å². The lowest BCUT2D eigenvalue weighted by Gasteiger charge is -2.18.